The molecule has 0 amide bonds. The summed E-state index contributed by atoms with van der Waals surface area (Å²) in [6, 6.07) is 0. The van der Waals surface area contributed by atoms with E-state index in [4.69, 9.17) is 0 Å². The standard InChI is InChI=1S/C9H15O/c1-2-3-4-5-6-7-8-9-10/h8-9H,2-6H2,1H3. The van der Waals surface area contributed by atoms with Crippen molar-refractivity contribution in [2.75, 3.05) is 0 Å². The summed E-state index contributed by atoms with van der Waals surface area (Å²) >= 11 is 0. The van der Waals surface area contributed by atoms with E-state index >= 15 is 0 Å². The smallest absolute Gasteiger partial charge is 0.143 e. The Kier molecular flexibility index (Phi) is 7.91. The number of aldehydes is 1. The average Bonchev–Trinajstić information content (AvgIpc) is 1.97. The molecule has 0 rings (SSSR count). The van der Waals surface area contributed by atoms with Crippen molar-refractivity contribution in [1.29, 1.82) is 0 Å². The van der Waals surface area contributed by atoms with Gasteiger partial charge in [0, 0.05) is 0 Å². The van der Waals surface area contributed by atoms with Crippen LogP contribution in [0.15, 0.2) is 6.08 Å². The van der Waals surface area contributed by atoms with Gasteiger partial charge in [-0.1, -0.05) is 26.2 Å². The van der Waals surface area contributed by atoms with Crippen molar-refractivity contribution in [3.8, 4) is 0 Å². The first-order valence-corrected chi connectivity index (χ1v) is 3.92. The molecular formula is C9H15O. The molecule has 10 heavy (non-hydrogen) atoms. The van der Waals surface area contributed by atoms with Crippen molar-refractivity contribution in [2.24, 2.45) is 0 Å². The molecule has 57 valence electrons. The van der Waals surface area contributed by atoms with Gasteiger partial charge in [-0.3, -0.25) is 4.79 Å². The fourth-order valence-electron chi connectivity index (χ4n) is 0.785. The van der Waals surface area contributed by atoms with Crippen LogP contribution in [0.25, 0.3) is 0 Å². The number of carbonyl (C=O) groups is 1. The van der Waals surface area contributed by atoms with Gasteiger partial charge in [0.1, 0.15) is 6.29 Å². The highest BCUT2D eigenvalue weighted by Gasteiger charge is 1.83. The monoisotopic (exact) mass is 139 g/mol. The van der Waals surface area contributed by atoms with Crippen LogP contribution >= 0.6 is 0 Å². The van der Waals surface area contributed by atoms with Crippen LogP contribution in [-0.2, 0) is 4.79 Å². The molecule has 0 atom stereocenters. The predicted molar refractivity (Wildman–Crippen MR) is 42.6 cm³/mol. The maximum Gasteiger partial charge on any atom is 0.143 e. The molecule has 0 spiro atoms. The maximum absolute atomic E-state index is 9.78. The Labute approximate surface area is 63.1 Å². The number of carbonyl (C=O) groups excluding carboxylic acids is 1. The van der Waals surface area contributed by atoms with Gasteiger partial charge in [0.05, 0.1) is 0 Å². The van der Waals surface area contributed by atoms with Crippen molar-refractivity contribution < 1.29 is 4.79 Å². The highest BCUT2D eigenvalue weighted by molar-refractivity contribution is 5.63. The van der Waals surface area contributed by atoms with E-state index in [1.54, 1.807) is 0 Å². The quantitative estimate of drug-likeness (QED) is 0.314. The molecule has 0 fully saturated rings. The van der Waals surface area contributed by atoms with Gasteiger partial charge in [-0.05, 0) is 25.0 Å². The molecule has 0 aliphatic carbocycles. The highest BCUT2D eigenvalue weighted by atomic mass is 16.1. The third kappa shape index (κ3) is 7.41. The van der Waals surface area contributed by atoms with Crippen molar-refractivity contribution in [3.05, 3.63) is 12.2 Å². The van der Waals surface area contributed by atoms with Crippen LogP contribution < -0.4 is 0 Å². The first kappa shape index (κ1) is 9.41. The van der Waals surface area contributed by atoms with Crippen LogP contribution in [0.2, 0.25) is 0 Å². The lowest BCUT2D eigenvalue weighted by atomic mass is 10.1. The van der Waals surface area contributed by atoms with Gasteiger partial charge in [0.2, 0.25) is 0 Å². The summed E-state index contributed by atoms with van der Waals surface area (Å²) in [5.74, 6) is 0. The van der Waals surface area contributed by atoms with Crippen LogP contribution in [-0.4, -0.2) is 6.29 Å². The normalized spacial score (nSPS) is 10.5. The summed E-state index contributed by atoms with van der Waals surface area (Å²) < 4.78 is 0. The van der Waals surface area contributed by atoms with Crippen molar-refractivity contribution in [1.82, 2.24) is 0 Å². The molecule has 0 N–H and O–H groups in total. The first-order valence-electron chi connectivity index (χ1n) is 3.92. The van der Waals surface area contributed by atoms with Gasteiger partial charge in [-0.2, -0.15) is 0 Å². The molecule has 0 saturated heterocycles. The minimum absolute atomic E-state index is 0.778. The van der Waals surface area contributed by atoms with Crippen LogP contribution in [0.4, 0.5) is 0 Å². The fourth-order valence-corrected chi connectivity index (χ4v) is 0.785. The lowest BCUT2D eigenvalue weighted by Gasteiger charge is -1.91. The van der Waals surface area contributed by atoms with Gasteiger partial charge < -0.3 is 0 Å². The van der Waals surface area contributed by atoms with Gasteiger partial charge in [-0.15, -0.1) is 0 Å². The fraction of sp³-hybridized carbons (Fsp3) is 0.667. The summed E-state index contributed by atoms with van der Waals surface area (Å²) in [6.45, 7) is 2.19. The molecule has 0 aromatic rings. The van der Waals surface area contributed by atoms with Crippen molar-refractivity contribution >= 4 is 6.29 Å². The number of rotatable bonds is 6. The minimum Gasteiger partial charge on any atom is -0.299 e. The minimum atomic E-state index is 0.778. The Hall–Kier alpha value is -0.590. The second-order valence-electron chi connectivity index (χ2n) is 2.32. The molecule has 0 aromatic carbocycles. The zero-order valence-electron chi connectivity index (χ0n) is 6.60. The summed E-state index contributed by atoms with van der Waals surface area (Å²) in [6.07, 6.45) is 11.0. The second-order valence-corrected chi connectivity index (χ2v) is 2.32. The number of hydrogen-bond donors (Lipinski definition) is 0. The average molecular weight is 139 g/mol. The van der Waals surface area contributed by atoms with Crippen molar-refractivity contribution in [3.63, 3.8) is 0 Å². The number of unbranched alkanes of at least 4 members (excludes halogenated alkanes) is 4. The molecule has 0 bridgehead atoms. The Morgan fingerprint density at radius 1 is 1.30 bits per heavy atom. The summed E-state index contributed by atoms with van der Waals surface area (Å²) in [7, 11) is 0. The van der Waals surface area contributed by atoms with Gasteiger partial charge in [0.15, 0.2) is 0 Å². The Morgan fingerprint density at radius 2 is 2.10 bits per heavy atom. The van der Waals surface area contributed by atoms with Crippen LogP contribution in [0.3, 0.4) is 0 Å². The number of hydrogen-bond acceptors (Lipinski definition) is 1. The SMILES string of the molecule is CCCCCC[C]=CC=O. The third-order valence-corrected chi connectivity index (χ3v) is 1.36. The Bertz CT molecular complexity index is 94.9. The van der Waals surface area contributed by atoms with E-state index in [2.05, 4.69) is 13.0 Å². The predicted octanol–water partition coefficient (Wildman–Crippen LogP) is 2.52. The Balaban J connectivity index is 2.90. The molecule has 1 nitrogen and oxygen atoms in total. The lowest BCUT2D eigenvalue weighted by molar-refractivity contribution is -0.104. The van der Waals surface area contributed by atoms with Gasteiger partial charge in [-0.25, -0.2) is 0 Å². The molecular weight excluding hydrogens is 124 g/mol. The number of allylic oxidation sites excluding steroid dienone is 2. The van der Waals surface area contributed by atoms with Crippen molar-refractivity contribution in [2.45, 2.75) is 39.0 Å². The van der Waals surface area contributed by atoms with Crippen LogP contribution in [0.5, 0.6) is 0 Å². The first-order chi connectivity index (χ1) is 4.91. The Morgan fingerprint density at radius 3 is 2.70 bits per heavy atom. The van der Waals surface area contributed by atoms with E-state index in [9.17, 15) is 4.79 Å². The summed E-state index contributed by atoms with van der Waals surface area (Å²) in [5, 5.41) is 0. The van der Waals surface area contributed by atoms with E-state index in [1.165, 1.54) is 25.3 Å². The molecule has 1 radical (unpaired) electrons. The molecule has 0 aliphatic rings. The summed E-state index contributed by atoms with van der Waals surface area (Å²) in [5.41, 5.74) is 0. The van der Waals surface area contributed by atoms with E-state index in [0.717, 1.165) is 19.1 Å². The summed E-state index contributed by atoms with van der Waals surface area (Å²) in [4.78, 5) is 9.78. The van der Waals surface area contributed by atoms with E-state index in [0.29, 0.717) is 0 Å². The van der Waals surface area contributed by atoms with Crippen LogP contribution in [0, 0.1) is 6.08 Å². The molecule has 0 aromatic heterocycles. The molecule has 0 saturated carbocycles. The second kappa shape index (κ2) is 8.41. The topological polar surface area (TPSA) is 17.1 Å². The van der Waals surface area contributed by atoms with E-state index in [1.807, 2.05) is 0 Å². The van der Waals surface area contributed by atoms with E-state index < -0.39 is 0 Å². The van der Waals surface area contributed by atoms with E-state index in [-0.39, 0.29) is 0 Å². The van der Waals surface area contributed by atoms with Gasteiger partial charge in [0.25, 0.3) is 0 Å². The largest absolute Gasteiger partial charge is 0.299 e. The molecule has 0 aliphatic heterocycles. The zero-order valence-corrected chi connectivity index (χ0v) is 6.60. The lowest BCUT2D eigenvalue weighted by Crippen LogP contribution is -1.74. The molecule has 0 unspecified atom stereocenters. The maximum atomic E-state index is 9.78. The molecule has 0 heterocycles. The third-order valence-electron chi connectivity index (χ3n) is 1.36. The molecule has 1 heteroatoms. The van der Waals surface area contributed by atoms with Gasteiger partial charge >= 0.3 is 0 Å². The van der Waals surface area contributed by atoms with Crippen LogP contribution in [0.1, 0.15) is 39.0 Å². The highest BCUT2D eigenvalue weighted by Crippen LogP contribution is 2.01. The zero-order chi connectivity index (χ0) is 7.66.